The van der Waals surface area contributed by atoms with Crippen molar-refractivity contribution in [2.24, 2.45) is 0 Å². The monoisotopic (exact) mass is 432 g/mol. The van der Waals surface area contributed by atoms with E-state index >= 15 is 0 Å². The molecule has 4 rings (SSSR count). The number of hydrogen-bond acceptors (Lipinski definition) is 4. The zero-order chi connectivity index (χ0) is 21.8. The summed E-state index contributed by atoms with van der Waals surface area (Å²) >= 11 is 0. The second-order valence-corrected chi connectivity index (χ2v) is 8.20. The first-order chi connectivity index (χ1) is 15.8. The Bertz CT molecular complexity index is 900. The van der Waals surface area contributed by atoms with Crippen molar-refractivity contribution in [1.82, 2.24) is 0 Å². The molecule has 1 saturated carbocycles. The molecule has 0 aromatic heterocycles. The smallest absolute Gasteiger partial charge is 0.230 e. The molecule has 3 aromatic carbocycles. The van der Waals surface area contributed by atoms with Crippen LogP contribution in [-0.4, -0.2) is 19.7 Å². The lowest BCUT2D eigenvalue weighted by atomic mass is 9.98. The quantitative estimate of drug-likeness (QED) is 0.321. The van der Waals surface area contributed by atoms with E-state index in [1.807, 2.05) is 54.6 Å². The molecular weight excluding hydrogens is 400 g/mol. The third-order valence-electron chi connectivity index (χ3n) is 5.82. The van der Waals surface area contributed by atoms with Gasteiger partial charge in [0.1, 0.15) is 17.2 Å². The maximum absolute atomic E-state index is 5.84. The van der Waals surface area contributed by atoms with Crippen LogP contribution in [0, 0.1) is 0 Å². The molecule has 1 aliphatic rings. The summed E-state index contributed by atoms with van der Waals surface area (Å²) in [6.07, 6.45) is 8.55. The van der Waals surface area contributed by atoms with Gasteiger partial charge in [-0.2, -0.15) is 0 Å². The third kappa shape index (κ3) is 7.31. The lowest BCUT2D eigenvalue weighted by molar-refractivity contribution is -0.0496. The summed E-state index contributed by atoms with van der Waals surface area (Å²) in [5, 5.41) is 0. The number of benzene rings is 3. The Hall–Kier alpha value is -2.98. The molecule has 0 radical (unpaired) electrons. The van der Waals surface area contributed by atoms with E-state index in [-0.39, 0.29) is 6.79 Å². The summed E-state index contributed by atoms with van der Waals surface area (Å²) < 4.78 is 22.8. The van der Waals surface area contributed by atoms with Crippen LogP contribution in [-0.2, 0) is 17.6 Å². The highest BCUT2D eigenvalue weighted by Crippen LogP contribution is 2.21. The molecule has 0 unspecified atom stereocenters. The molecule has 0 N–H and O–H groups in total. The number of aryl methyl sites for hydroxylation is 2. The van der Waals surface area contributed by atoms with Crippen LogP contribution in [0.2, 0.25) is 0 Å². The second-order valence-electron chi connectivity index (χ2n) is 8.20. The molecule has 1 fully saturated rings. The van der Waals surface area contributed by atoms with Crippen molar-refractivity contribution in [3.8, 4) is 17.2 Å². The van der Waals surface area contributed by atoms with Crippen LogP contribution in [0.4, 0.5) is 0 Å². The number of para-hydroxylation sites is 1. The van der Waals surface area contributed by atoms with E-state index in [1.54, 1.807) is 0 Å². The van der Waals surface area contributed by atoms with Gasteiger partial charge in [-0.05, 0) is 73.2 Å². The van der Waals surface area contributed by atoms with Crippen molar-refractivity contribution in [2.45, 2.75) is 51.0 Å². The summed E-state index contributed by atoms with van der Waals surface area (Å²) in [6, 6.07) is 26.2. The van der Waals surface area contributed by atoms with Crippen LogP contribution in [0.15, 0.2) is 78.9 Å². The highest BCUT2D eigenvalue weighted by molar-refractivity contribution is 5.30. The van der Waals surface area contributed by atoms with Gasteiger partial charge in [0.05, 0.1) is 6.10 Å². The van der Waals surface area contributed by atoms with E-state index in [1.165, 1.54) is 30.4 Å². The number of rotatable bonds is 11. The summed E-state index contributed by atoms with van der Waals surface area (Å²) in [5.41, 5.74) is 2.57. The second kappa shape index (κ2) is 12.2. The Kier molecular flexibility index (Phi) is 8.44. The van der Waals surface area contributed by atoms with Crippen molar-refractivity contribution in [3.05, 3.63) is 90.0 Å². The fourth-order valence-corrected chi connectivity index (χ4v) is 3.91. The summed E-state index contributed by atoms with van der Waals surface area (Å²) in [6.45, 7) is 0.540. The highest BCUT2D eigenvalue weighted by atomic mass is 16.7. The topological polar surface area (TPSA) is 36.9 Å². The maximum atomic E-state index is 5.84. The largest absolute Gasteiger partial charge is 0.468 e. The summed E-state index contributed by atoms with van der Waals surface area (Å²) in [7, 11) is 0. The van der Waals surface area contributed by atoms with E-state index in [2.05, 4.69) is 24.3 Å². The van der Waals surface area contributed by atoms with Gasteiger partial charge in [0.2, 0.25) is 6.79 Å². The lowest BCUT2D eigenvalue weighted by Gasteiger charge is -2.21. The zero-order valence-corrected chi connectivity index (χ0v) is 18.6. The van der Waals surface area contributed by atoms with E-state index < -0.39 is 0 Å². The van der Waals surface area contributed by atoms with Gasteiger partial charge in [0.15, 0.2) is 6.79 Å². The summed E-state index contributed by atoms with van der Waals surface area (Å²) in [5.74, 6) is 2.47. The molecule has 168 valence electrons. The van der Waals surface area contributed by atoms with Crippen LogP contribution in [0.3, 0.4) is 0 Å². The van der Waals surface area contributed by atoms with Crippen LogP contribution >= 0.6 is 0 Å². The van der Waals surface area contributed by atoms with Gasteiger partial charge in [-0.1, -0.05) is 61.7 Å². The molecule has 0 bridgehead atoms. The van der Waals surface area contributed by atoms with Crippen molar-refractivity contribution in [3.63, 3.8) is 0 Å². The first-order valence-corrected chi connectivity index (χ1v) is 11.6. The molecular formula is C28H32O4. The Morgan fingerprint density at radius 2 is 1.03 bits per heavy atom. The zero-order valence-electron chi connectivity index (χ0n) is 18.6. The van der Waals surface area contributed by atoms with Crippen molar-refractivity contribution >= 4 is 0 Å². The highest BCUT2D eigenvalue weighted by Gasteiger charge is 2.13. The Morgan fingerprint density at radius 3 is 1.59 bits per heavy atom. The SMILES string of the molecule is c1ccc(OCOc2ccc(CCc3ccc(OCOC4CCCCC4)cc3)cc2)cc1. The minimum absolute atomic E-state index is 0.198. The third-order valence-corrected chi connectivity index (χ3v) is 5.82. The van der Waals surface area contributed by atoms with Crippen LogP contribution in [0.1, 0.15) is 43.2 Å². The molecule has 0 saturated heterocycles. The molecule has 0 amide bonds. The normalized spacial score (nSPS) is 14.1. The van der Waals surface area contributed by atoms with Gasteiger partial charge in [0, 0.05) is 0 Å². The molecule has 4 nitrogen and oxygen atoms in total. The maximum Gasteiger partial charge on any atom is 0.230 e. The average Bonchev–Trinajstić information content (AvgIpc) is 2.86. The Morgan fingerprint density at radius 1 is 0.531 bits per heavy atom. The minimum atomic E-state index is 0.198. The van der Waals surface area contributed by atoms with Gasteiger partial charge in [-0.15, -0.1) is 0 Å². The van der Waals surface area contributed by atoms with Gasteiger partial charge in [-0.3, -0.25) is 0 Å². The van der Waals surface area contributed by atoms with E-state index in [9.17, 15) is 0 Å². The molecule has 0 aliphatic heterocycles. The van der Waals surface area contributed by atoms with E-state index in [0.29, 0.717) is 12.9 Å². The molecule has 1 aliphatic carbocycles. The van der Waals surface area contributed by atoms with Gasteiger partial charge in [-0.25, -0.2) is 0 Å². The van der Waals surface area contributed by atoms with E-state index in [4.69, 9.17) is 18.9 Å². The predicted molar refractivity (Wildman–Crippen MR) is 126 cm³/mol. The van der Waals surface area contributed by atoms with Crippen LogP contribution < -0.4 is 14.2 Å². The minimum Gasteiger partial charge on any atom is -0.468 e. The fraction of sp³-hybridized carbons (Fsp3) is 0.357. The van der Waals surface area contributed by atoms with Gasteiger partial charge in [0.25, 0.3) is 0 Å². The van der Waals surface area contributed by atoms with Crippen molar-refractivity contribution < 1.29 is 18.9 Å². The molecule has 0 heterocycles. The molecule has 4 heteroatoms. The standard InChI is InChI=1S/C28H32O4/c1-3-7-25(8-4-1)29-21-31-27-17-13-23(14-18-27)11-12-24-15-19-28(20-16-24)32-22-30-26-9-5-2-6-10-26/h1,3-4,7-8,13-20,26H,2,5-6,9-12,21-22H2. The Labute approximate surface area is 191 Å². The fourth-order valence-electron chi connectivity index (χ4n) is 3.91. The predicted octanol–water partition coefficient (Wildman–Crippen LogP) is 6.57. The van der Waals surface area contributed by atoms with Crippen molar-refractivity contribution in [1.29, 1.82) is 0 Å². The molecule has 32 heavy (non-hydrogen) atoms. The number of ether oxygens (including phenoxy) is 4. The first-order valence-electron chi connectivity index (χ1n) is 11.6. The van der Waals surface area contributed by atoms with Crippen LogP contribution in [0.25, 0.3) is 0 Å². The summed E-state index contributed by atoms with van der Waals surface area (Å²) in [4.78, 5) is 0. The van der Waals surface area contributed by atoms with E-state index in [0.717, 1.165) is 42.9 Å². The average molecular weight is 433 g/mol. The van der Waals surface area contributed by atoms with Gasteiger partial charge < -0.3 is 18.9 Å². The van der Waals surface area contributed by atoms with Crippen LogP contribution in [0.5, 0.6) is 17.2 Å². The molecule has 0 atom stereocenters. The van der Waals surface area contributed by atoms with Crippen molar-refractivity contribution in [2.75, 3.05) is 13.6 Å². The Balaban J connectivity index is 1.15. The molecule has 3 aromatic rings. The lowest BCUT2D eigenvalue weighted by Crippen LogP contribution is -2.19. The number of hydrogen-bond donors (Lipinski definition) is 0. The first kappa shape index (κ1) is 22.2. The molecule has 0 spiro atoms. The van der Waals surface area contributed by atoms with Gasteiger partial charge >= 0.3 is 0 Å².